The van der Waals surface area contributed by atoms with E-state index in [1.54, 1.807) is 12.1 Å². The van der Waals surface area contributed by atoms with Gasteiger partial charge in [-0.25, -0.2) is 0 Å². The molecule has 1 atom stereocenters. The fourth-order valence-electron chi connectivity index (χ4n) is 2.34. The molecule has 1 aliphatic heterocycles. The Hall–Kier alpha value is -2.23. The monoisotopic (exact) mass is 241 g/mol. The van der Waals surface area contributed by atoms with E-state index in [4.69, 9.17) is 5.73 Å². The van der Waals surface area contributed by atoms with Crippen LogP contribution in [0.3, 0.4) is 0 Å². The summed E-state index contributed by atoms with van der Waals surface area (Å²) < 4.78 is 0. The molecule has 0 aromatic heterocycles. The van der Waals surface area contributed by atoms with Crippen LogP contribution < -0.4 is 16.4 Å². The molecular formula is C14H15N3O. The lowest BCUT2D eigenvalue weighted by atomic mass is 10.0. The fraction of sp³-hybridized carbons (Fsp3) is 0.214. The van der Waals surface area contributed by atoms with Crippen LogP contribution in [0.25, 0.3) is 0 Å². The Balaban J connectivity index is 1.98. The minimum Gasteiger partial charge on any atom is -0.380 e. The maximum absolute atomic E-state index is 11.2. The molecule has 1 aliphatic carbocycles. The molecule has 92 valence electrons. The highest BCUT2D eigenvalue weighted by Crippen LogP contribution is 2.29. The highest BCUT2D eigenvalue weighted by Gasteiger charge is 2.19. The second-order valence-electron chi connectivity index (χ2n) is 4.54. The van der Waals surface area contributed by atoms with E-state index in [-0.39, 0.29) is 6.04 Å². The first-order valence-corrected chi connectivity index (χ1v) is 6.04. The molecule has 0 bridgehead atoms. The van der Waals surface area contributed by atoms with Crippen LogP contribution >= 0.6 is 0 Å². The Labute approximate surface area is 106 Å². The number of nitrogens with one attached hydrogen (secondary N) is 2. The fourth-order valence-corrected chi connectivity index (χ4v) is 2.34. The zero-order valence-corrected chi connectivity index (χ0v) is 9.94. The molecule has 1 unspecified atom stereocenters. The molecule has 1 aromatic rings. The first-order chi connectivity index (χ1) is 8.74. The number of carbonyl (C=O) groups is 1. The zero-order valence-electron chi connectivity index (χ0n) is 9.94. The van der Waals surface area contributed by atoms with Gasteiger partial charge in [0.2, 0.25) is 5.91 Å². The number of allylic oxidation sites excluding steroid dienone is 2. The van der Waals surface area contributed by atoms with Crippen LogP contribution in [0, 0.1) is 0 Å². The van der Waals surface area contributed by atoms with Crippen molar-refractivity contribution in [1.82, 2.24) is 0 Å². The van der Waals surface area contributed by atoms with E-state index in [2.05, 4.69) is 28.9 Å². The summed E-state index contributed by atoms with van der Waals surface area (Å²) in [6, 6.07) is 5.64. The van der Waals surface area contributed by atoms with Gasteiger partial charge in [-0.1, -0.05) is 18.2 Å². The summed E-state index contributed by atoms with van der Waals surface area (Å²) in [6.45, 7) is 0.824. The minimum absolute atomic E-state index is 0.204. The summed E-state index contributed by atoms with van der Waals surface area (Å²) >= 11 is 0. The van der Waals surface area contributed by atoms with Crippen molar-refractivity contribution in [3.63, 3.8) is 0 Å². The summed E-state index contributed by atoms with van der Waals surface area (Å²) in [7, 11) is 0. The molecule has 0 radical (unpaired) electrons. The number of anilines is 2. The molecule has 4 heteroatoms. The van der Waals surface area contributed by atoms with E-state index < -0.39 is 5.91 Å². The van der Waals surface area contributed by atoms with Gasteiger partial charge in [0.05, 0.1) is 17.4 Å². The van der Waals surface area contributed by atoms with Crippen molar-refractivity contribution < 1.29 is 4.79 Å². The van der Waals surface area contributed by atoms with Crippen LogP contribution in [0.1, 0.15) is 16.8 Å². The van der Waals surface area contributed by atoms with Gasteiger partial charge in [0.25, 0.3) is 0 Å². The number of benzene rings is 1. The maximum atomic E-state index is 11.2. The summed E-state index contributed by atoms with van der Waals surface area (Å²) in [4.78, 5) is 11.2. The van der Waals surface area contributed by atoms with Crippen molar-refractivity contribution in [2.24, 2.45) is 5.73 Å². The lowest BCUT2D eigenvalue weighted by Crippen LogP contribution is -2.22. The van der Waals surface area contributed by atoms with Crippen molar-refractivity contribution in [3.8, 4) is 0 Å². The SMILES string of the molecule is NC(=O)c1ccc2c(c1)NC1C=CCC=C1CN2. The first kappa shape index (κ1) is 10.9. The highest BCUT2D eigenvalue weighted by atomic mass is 16.1. The predicted octanol–water partition coefficient (Wildman–Crippen LogP) is 1.88. The van der Waals surface area contributed by atoms with Crippen molar-refractivity contribution >= 4 is 17.3 Å². The van der Waals surface area contributed by atoms with Crippen LogP contribution in [0.5, 0.6) is 0 Å². The normalized spacial score (nSPS) is 20.7. The highest BCUT2D eigenvalue weighted by molar-refractivity contribution is 5.95. The van der Waals surface area contributed by atoms with Gasteiger partial charge in [-0.05, 0) is 30.2 Å². The van der Waals surface area contributed by atoms with E-state index in [9.17, 15) is 4.79 Å². The Morgan fingerprint density at radius 3 is 3.06 bits per heavy atom. The second kappa shape index (κ2) is 4.22. The van der Waals surface area contributed by atoms with Gasteiger partial charge < -0.3 is 16.4 Å². The Morgan fingerprint density at radius 1 is 1.33 bits per heavy atom. The summed E-state index contributed by atoms with van der Waals surface area (Å²) in [5, 5.41) is 6.80. The van der Waals surface area contributed by atoms with Gasteiger partial charge in [0.15, 0.2) is 0 Å². The largest absolute Gasteiger partial charge is 0.380 e. The summed E-state index contributed by atoms with van der Waals surface area (Å²) in [5.41, 5.74) is 9.08. The summed E-state index contributed by atoms with van der Waals surface area (Å²) in [6.07, 6.45) is 7.51. The average Bonchev–Trinajstić information content (AvgIpc) is 2.56. The molecule has 2 aliphatic rings. The van der Waals surface area contributed by atoms with E-state index in [0.717, 1.165) is 24.3 Å². The van der Waals surface area contributed by atoms with Crippen molar-refractivity contribution in [2.45, 2.75) is 12.5 Å². The van der Waals surface area contributed by atoms with Crippen LogP contribution in [-0.4, -0.2) is 18.5 Å². The molecular weight excluding hydrogens is 226 g/mol. The second-order valence-corrected chi connectivity index (χ2v) is 4.54. The Kier molecular flexibility index (Phi) is 2.55. The molecule has 0 saturated carbocycles. The molecule has 0 spiro atoms. The number of primary amides is 1. The van der Waals surface area contributed by atoms with Crippen LogP contribution in [0.4, 0.5) is 11.4 Å². The quantitative estimate of drug-likeness (QED) is 0.658. The third-order valence-corrected chi connectivity index (χ3v) is 3.34. The zero-order chi connectivity index (χ0) is 12.5. The van der Waals surface area contributed by atoms with E-state index in [1.165, 1.54) is 5.57 Å². The third kappa shape index (κ3) is 1.86. The molecule has 0 saturated heterocycles. The van der Waals surface area contributed by atoms with Gasteiger partial charge in [0, 0.05) is 12.1 Å². The average molecular weight is 241 g/mol. The smallest absolute Gasteiger partial charge is 0.248 e. The summed E-state index contributed by atoms with van der Waals surface area (Å²) in [5.74, 6) is -0.404. The van der Waals surface area contributed by atoms with Gasteiger partial charge in [0.1, 0.15) is 0 Å². The molecule has 3 rings (SSSR count). The lowest BCUT2D eigenvalue weighted by Gasteiger charge is -2.19. The molecule has 18 heavy (non-hydrogen) atoms. The number of carbonyl (C=O) groups excluding carboxylic acids is 1. The first-order valence-electron chi connectivity index (χ1n) is 6.04. The number of hydrogen-bond donors (Lipinski definition) is 3. The standard InChI is InChI=1S/C14H15N3O/c15-14(18)9-5-6-12-13(7-9)17-11-4-2-1-3-10(11)8-16-12/h2-7,11,16-17H,1,8H2,(H2,15,18). The number of hydrogen-bond acceptors (Lipinski definition) is 3. The maximum Gasteiger partial charge on any atom is 0.248 e. The van der Waals surface area contributed by atoms with Gasteiger partial charge in [-0.15, -0.1) is 0 Å². The minimum atomic E-state index is -0.404. The molecule has 1 heterocycles. The number of amides is 1. The third-order valence-electron chi connectivity index (χ3n) is 3.34. The molecule has 4 nitrogen and oxygen atoms in total. The molecule has 0 fully saturated rings. The van der Waals surface area contributed by atoms with E-state index in [1.807, 2.05) is 6.07 Å². The topological polar surface area (TPSA) is 67.2 Å². The van der Waals surface area contributed by atoms with Gasteiger partial charge in [-0.2, -0.15) is 0 Å². The number of rotatable bonds is 1. The van der Waals surface area contributed by atoms with Crippen molar-refractivity contribution in [3.05, 3.63) is 47.6 Å². The van der Waals surface area contributed by atoms with E-state index in [0.29, 0.717) is 5.56 Å². The molecule has 4 N–H and O–H groups in total. The van der Waals surface area contributed by atoms with Crippen LogP contribution in [0.15, 0.2) is 42.0 Å². The number of fused-ring (bicyclic) bond motifs is 2. The van der Waals surface area contributed by atoms with Crippen LogP contribution in [0.2, 0.25) is 0 Å². The lowest BCUT2D eigenvalue weighted by molar-refractivity contribution is 0.100. The Morgan fingerprint density at radius 2 is 2.22 bits per heavy atom. The molecule has 1 aromatic carbocycles. The molecule has 1 amide bonds. The van der Waals surface area contributed by atoms with Crippen molar-refractivity contribution in [1.29, 1.82) is 0 Å². The predicted molar refractivity (Wildman–Crippen MR) is 72.7 cm³/mol. The Bertz CT molecular complexity index is 560. The van der Waals surface area contributed by atoms with Crippen molar-refractivity contribution in [2.75, 3.05) is 17.2 Å². The van der Waals surface area contributed by atoms with Gasteiger partial charge >= 0.3 is 0 Å². The van der Waals surface area contributed by atoms with Crippen LogP contribution in [-0.2, 0) is 0 Å². The number of nitrogens with two attached hydrogens (primary N) is 1. The van der Waals surface area contributed by atoms with Gasteiger partial charge in [-0.3, -0.25) is 4.79 Å². The van der Waals surface area contributed by atoms with E-state index >= 15 is 0 Å².